The first-order valence-electron chi connectivity index (χ1n) is 6.90. The van der Waals surface area contributed by atoms with Crippen LogP contribution < -0.4 is 5.32 Å². The molecule has 1 atom stereocenters. The summed E-state index contributed by atoms with van der Waals surface area (Å²) in [6, 6.07) is 1.36. The lowest BCUT2D eigenvalue weighted by Gasteiger charge is -2.42. The number of halogens is 5. The molecule has 0 bridgehead atoms. The largest absolute Gasteiger partial charge is 0.314 e. The fourth-order valence-electron chi connectivity index (χ4n) is 2.93. The molecule has 0 aliphatic carbocycles. The predicted octanol–water partition coefficient (Wildman–Crippen LogP) is 3.94. The summed E-state index contributed by atoms with van der Waals surface area (Å²) in [4.78, 5) is 2.09. The van der Waals surface area contributed by atoms with Crippen molar-refractivity contribution in [3.8, 4) is 0 Å². The number of nitrogens with one attached hydrogen (secondary N) is 1. The van der Waals surface area contributed by atoms with Gasteiger partial charge in [0, 0.05) is 43.9 Å². The highest BCUT2D eigenvalue weighted by Gasteiger charge is 2.35. The Balaban J connectivity index is 0.00000220. The monoisotopic (exact) mass is 358 g/mol. The van der Waals surface area contributed by atoms with Crippen LogP contribution in [0.5, 0.6) is 0 Å². The number of piperazine rings is 1. The normalized spacial score (nSPS) is 17.4. The van der Waals surface area contributed by atoms with Gasteiger partial charge in [-0.25, -0.2) is 13.2 Å². The zero-order chi connectivity index (χ0) is 14.9. The summed E-state index contributed by atoms with van der Waals surface area (Å²) in [5.41, 5.74) is -0.213. The first kappa shape index (κ1) is 21.5. The smallest absolute Gasteiger partial charge is 0.163 e. The summed E-state index contributed by atoms with van der Waals surface area (Å²) >= 11 is 0. The van der Waals surface area contributed by atoms with Crippen LogP contribution in [0.25, 0.3) is 0 Å². The van der Waals surface area contributed by atoms with Crippen LogP contribution in [0.4, 0.5) is 13.2 Å². The Morgan fingerprint density at radius 3 is 2.09 bits per heavy atom. The van der Waals surface area contributed by atoms with E-state index < -0.39 is 17.5 Å². The number of benzene rings is 1. The van der Waals surface area contributed by atoms with Crippen molar-refractivity contribution in [3.63, 3.8) is 0 Å². The summed E-state index contributed by atoms with van der Waals surface area (Å²) in [5, 5.41) is 3.23. The molecule has 1 aromatic carbocycles. The molecule has 2 rings (SSSR count). The molecule has 0 saturated carbocycles. The standard InChI is InChI=1S/C15H21F3N2.2ClH/c1-15(2,3)14(20-6-4-19-5-7-20)11-8-10(16)9-12(17)13(11)18;;/h8-9,14,19H,4-7H2,1-3H3;2*1H/t14-;;/m0../s1. The second-order valence-electron chi connectivity index (χ2n) is 6.35. The lowest BCUT2D eigenvalue weighted by molar-refractivity contribution is 0.0826. The van der Waals surface area contributed by atoms with Gasteiger partial charge in [-0.05, 0) is 11.5 Å². The number of nitrogens with zero attached hydrogens (tertiary/aromatic N) is 1. The van der Waals surface area contributed by atoms with E-state index in [4.69, 9.17) is 0 Å². The van der Waals surface area contributed by atoms with E-state index in [-0.39, 0.29) is 41.8 Å². The second-order valence-corrected chi connectivity index (χ2v) is 6.35. The molecule has 1 aliphatic heterocycles. The highest BCUT2D eigenvalue weighted by molar-refractivity contribution is 5.85. The van der Waals surface area contributed by atoms with Gasteiger partial charge in [-0.1, -0.05) is 20.8 Å². The van der Waals surface area contributed by atoms with Gasteiger partial charge in [0.2, 0.25) is 0 Å². The van der Waals surface area contributed by atoms with Crippen LogP contribution in [-0.4, -0.2) is 31.1 Å². The average molecular weight is 359 g/mol. The SMILES string of the molecule is CC(C)(C)[C@H](c1cc(F)cc(F)c1F)N1CCNCC1.Cl.Cl. The van der Waals surface area contributed by atoms with Crippen molar-refractivity contribution in [3.05, 3.63) is 35.1 Å². The van der Waals surface area contributed by atoms with Crippen molar-refractivity contribution in [2.75, 3.05) is 26.2 Å². The Morgan fingerprint density at radius 2 is 1.59 bits per heavy atom. The molecule has 0 radical (unpaired) electrons. The maximum absolute atomic E-state index is 14.1. The van der Waals surface area contributed by atoms with Crippen molar-refractivity contribution >= 4 is 24.8 Å². The lowest BCUT2D eigenvalue weighted by Crippen LogP contribution is -2.48. The number of rotatable bonds is 2. The fourth-order valence-corrected chi connectivity index (χ4v) is 2.93. The van der Waals surface area contributed by atoms with E-state index in [2.05, 4.69) is 10.2 Å². The van der Waals surface area contributed by atoms with Gasteiger partial charge in [0.05, 0.1) is 0 Å². The number of hydrogen-bond donors (Lipinski definition) is 1. The molecule has 1 N–H and O–H groups in total. The van der Waals surface area contributed by atoms with E-state index in [1.807, 2.05) is 20.8 Å². The van der Waals surface area contributed by atoms with Crippen LogP contribution in [0.15, 0.2) is 12.1 Å². The Hall–Kier alpha value is -0.490. The van der Waals surface area contributed by atoms with Crippen molar-refractivity contribution in [2.45, 2.75) is 26.8 Å². The molecule has 1 aliphatic rings. The summed E-state index contributed by atoms with van der Waals surface area (Å²) in [6.45, 7) is 8.95. The molecule has 0 aromatic heterocycles. The summed E-state index contributed by atoms with van der Waals surface area (Å²) in [6.07, 6.45) is 0. The van der Waals surface area contributed by atoms with E-state index in [1.54, 1.807) is 0 Å². The number of hydrogen-bond acceptors (Lipinski definition) is 2. The summed E-state index contributed by atoms with van der Waals surface area (Å²) in [5.74, 6) is -2.79. The Morgan fingerprint density at radius 1 is 1.05 bits per heavy atom. The van der Waals surface area contributed by atoms with Gasteiger partial charge in [-0.2, -0.15) is 0 Å². The quantitative estimate of drug-likeness (QED) is 0.805. The topological polar surface area (TPSA) is 15.3 Å². The molecule has 0 spiro atoms. The van der Waals surface area contributed by atoms with Gasteiger partial charge in [-0.15, -0.1) is 24.8 Å². The molecule has 7 heteroatoms. The molecule has 128 valence electrons. The average Bonchev–Trinajstić information content (AvgIpc) is 2.35. The van der Waals surface area contributed by atoms with Crippen LogP contribution in [0.2, 0.25) is 0 Å². The molecule has 22 heavy (non-hydrogen) atoms. The van der Waals surface area contributed by atoms with Crippen LogP contribution in [0, 0.1) is 22.9 Å². The van der Waals surface area contributed by atoms with Crippen LogP contribution >= 0.6 is 24.8 Å². The van der Waals surface area contributed by atoms with E-state index >= 15 is 0 Å². The minimum atomic E-state index is -1.12. The van der Waals surface area contributed by atoms with Gasteiger partial charge in [-0.3, -0.25) is 4.90 Å². The van der Waals surface area contributed by atoms with Gasteiger partial charge in [0.1, 0.15) is 5.82 Å². The highest BCUT2D eigenvalue weighted by Crippen LogP contribution is 2.39. The summed E-state index contributed by atoms with van der Waals surface area (Å²) < 4.78 is 41.1. The zero-order valence-electron chi connectivity index (χ0n) is 13.0. The Bertz CT molecular complexity index is 486. The molecule has 1 saturated heterocycles. The third kappa shape index (κ3) is 4.75. The van der Waals surface area contributed by atoms with Crippen LogP contribution in [0.1, 0.15) is 32.4 Å². The van der Waals surface area contributed by atoms with E-state index in [1.165, 1.54) is 0 Å². The molecular formula is C15H23Cl2F3N2. The third-order valence-electron chi connectivity index (χ3n) is 3.65. The van der Waals surface area contributed by atoms with E-state index in [0.29, 0.717) is 6.07 Å². The van der Waals surface area contributed by atoms with Gasteiger partial charge in [0.25, 0.3) is 0 Å². The Kier molecular flexibility index (Phi) is 8.20. The first-order valence-corrected chi connectivity index (χ1v) is 6.90. The molecule has 1 aromatic rings. The fraction of sp³-hybridized carbons (Fsp3) is 0.600. The minimum Gasteiger partial charge on any atom is -0.314 e. The third-order valence-corrected chi connectivity index (χ3v) is 3.65. The van der Waals surface area contributed by atoms with Crippen molar-refractivity contribution < 1.29 is 13.2 Å². The molecule has 0 unspecified atom stereocenters. The first-order chi connectivity index (χ1) is 9.30. The highest BCUT2D eigenvalue weighted by atomic mass is 35.5. The van der Waals surface area contributed by atoms with Gasteiger partial charge >= 0.3 is 0 Å². The maximum Gasteiger partial charge on any atom is 0.163 e. The van der Waals surface area contributed by atoms with E-state index in [9.17, 15) is 13.2 Å². The van der Waals surface area contributed by atoms with Crippen molar-refractivity contribution in [1.82, 2.24) is 10.2 Å². The molecule has 1 fully saturated rings. The van der Waals surface area contributed by atoms with Gasteiger partial charge < -0.3 is 5.32 Å². The van der Waals surface area contributed by atoms with Gasteiger partial charge in [0.15, 0.2) is 11.6 Å². The predicted molar refractivity (Wildman–Crippen MR) is 87.5 cm³/mol. The van der Waals surface area contributed by atoms with Crippen molar-refractivity contribution in [1.29, 1.82) is 0 Å². The van der Waals surface area contributed by atoms with E-state index in [0.717, 1.165) is 32.2 Å². The zero-order valence-corrected chi connectivity index (χ0v) is 14.6. The lowest BCUT2D eigenvalue weighted by atomic mass is 9.80. The Labute approximate surface area is 142 Å². The van der Waals surface area contributed by atoms with Crippen LogP contribution in [0.3, 0.4) is 0 Å². The molecule has 2 nitrogen and oxygen atoms in total. The maximum atomic E-state index is 14.1. The second kappa shape index (κ2) is 8.39. The van der Waals surface area contributed by atoms with Crippen molar-refractivity contribution in [2.24, 2.45) is 5.41 Å². The minimum absolute atomic E-state index is 0. The van der Waals surface area contributed by atoms with Crippen LogP contribution in [-0.2, 0) is 0 Å². The molecular weight excluding hydrogens is 336 g/mol. The molecule has 0 amide bonds. The molecule has 1 heterocycles. The summed E-state index contributed by atoms with van der Waals surface area (Å²) in [7, 11) is 0.